The van der Waals surface area contributed by atoms with E-state index in [4.69, 9.17) is 0 Å². The molecule has 0 radical (unpaired) electrons. The van der Waals surface area contributed by atoms with Crippen molar-refractivity contribution in [1.82, 2.24) is 0 Å². The van der Waals surface area contributed by atoms with Crippen LogP contribution in [0.5, 0.6) is 0 Å². The molecule has 0 unspecified atom stereocenters. The second-order valence-corrected chi connectivity index (χ2v) is 5.15. The van der Waals surface area contributed by atoms with Crippen LogP contribution >= 0.6 is 0 Å². The van der Waals surface area contributed by atoms with Gasteiger partial charge in [-0.15, -0.1) is 0 Å². The average molecular weight is 267 g/mol. The van der Waals surface area contributed by atoms with Crippen molar-refractivity contribution in [3.63, 3.8) is 0 Å². The maximum absolute atomic E-state index is 2.36. The molecule has 0 amide bonds. The third-order valence-corrected chi connectivity index (χ3v) is 3.96. The van der Waals surface area contributed by atoms with Crippen molar-refractivity contribution in [2.24, 2.45) is 0 Å². The standard InChI is InChI=1S/C19H25N/c1-5-10-16(6-2)20(4)19-14-13-15-11-8-9-12-18(15)17(19)7-3/h8-14H,5-7H2,1-4H3/b16-10-. The number of hydrogen-bond acceptors (Lipinski definition) is 1. The average Bonchev–Trinajstić information content (AvgIpc) is 2.50. The topological polar surface area (TPSA) is 3.24 Å². The third kappa shape index (κ3) is 2.72. The Morgan fingerprint density at radius 1 is 1.05 bits per heavy atom. The van der Waals surface area contributed by atoms with E-state index in [1.807, 2.05) is 0 Å². The molecule has 0 aliphatic rings. The molecule has 0 atom stereocenters. The Balaban J connectivity index is 2.56. The van der Waals surface area contributed by atoms with Crippen LogP contribution in [-0.2, 0) is 6.42 Å². The SMILES string of the molecule is CC/C=C(/CC)N(C)c1ccc2ccccc2c1CC. The third-order valence-electron chi connectivity index (χ3n) is 3.96. The first kappa shape index (κ1) is 14.6. The van der Waals surface area contributed by atoms with Gasteiger partial charge in [0, 0.05) is 18.4 Å². The molecule has 20 heavy (non-hydrogen) atoms. The highest BCUT2D eigenvalue weighted by molar-refractivity contribution is 5.90. The minimum Gasteiger partial charge on any atom is -0.348 e. The monoisotopic (exact) mass is 267 g/mol. The van der Waals surface area contributed by atoms with E-state index in [9.17, 15) is 0 Å². The zero-order valence-electron chi connectivity index (χ0n) is 13.1. The van der Waals surface area contributed by atoms with Gasteiger partial charge in [0.15, 0.2) is 0 Å². The van der Waals surface area contributed by atoms with Crippen molar-refractivity contribution < 1.29 is 0 Å². The van der Waals surface area contributed by atoms with Crippen molar-refractivity contribution in [1.29, 1.82) is 0 Å². The predicted octanol–water partition coefficient (Wildman–Crippen LogP) is 5.54. The number of rotatable bonds is 5. The van der Waals surface area contributed by atoms with Crippen LogP contribution in [0.2, 0.25) is 0 Å². The van der Waals surface area contributed by atoms with Crippen LogP contribution in [0.3, 0.4) is 0 Å². The summed E-state index contributed by atoms with van der Waals surface area (Å²) in [6.07, 6.45) is 5.54. The first-order valence-corrected chi connectivity index (χ1v) is 7.66. The van der Waals surface area contributed by atoms with Crippen LogP contribution in [0.4, 0.5) is 5.69 Å². The molecular weight excluding hydrogens is 242 g/mol. The molecule has 0 heterocycles. The van der Waals surface area contributed by atoms with Crippen molar-refractivity contribution >= 4 is 16.5 Å². The molecule has 2 aromatic rings. The van der Waals surface area contributed by atoms with Gasteiger partial charge in [0.1, 0.15) is 0 Å². The lowest BCUT2D eigenvalue weighted by Gasteiger charge is -2.25. The van der Waals surface area contributed by atoms with Crippen molar-refractivity contribution in [2.45, 2.75) is 40.0 Å². The van der Waals surface area contributed by atoms with Crippen LogP contribution in [-0.4, -0.2) is 7.05 Å². The van der Waals surface area contributed by atoms with E-state index in [1.54, 1.807) is 0 Å². The van der Waals surface area contributed by atoms with Gasteiger partial charge in [0.2, 0.25) is 0 Å². The summed E-state index contributed by atoms with van der Waals surface area (Å²) < 4.78 is 0. The molecule has 0 N–H and O–H groups in total. The second kappa shape index (κ2) is 6.60. The molecule has 0 saturated carbocycles. The van der Waals surface area contributed by atoms with Gasteiger partial charge in [0.05, 0.1) is 0 Å². The van der Waals surface area contributed by atoms with E-state index in [0.29, 0.717) is 0 Å². The van der Waals surface area contributed by atoms with Crippen molar-refractivity contribution in [3.8, 4) is 0 Å². The zero-order chi connectivity index (χ0) is 14.5. The van der Waals surface area contributed by atoms with E-state index in [2.05, 4.69) is 75.2 Å². The molecule has 0 fully saturated rings. The van der Waals surface area contributed by atoms with Crippen LogP contribution in [0.15, 0.2) is 48.2 Å². The molecule has 0 aromatic heterocycles. The molecule has 0 spiro atoms. The Kier molecular flexibility index (Phi) is 4.84. The van der Waals surface area contributed by atoms with Crippen LogP contribution in [0, 0.1) is 0 Å². The number of aryl methyl sites for hydroxylation is 1. The molecule has 1 heteroatoms. The van der Waals surface area contributed by atoms with E-state index in [-0.39, 0.29) is 0 Å². The maximum atomic E-state index is 2.36. The summed E-state index contributed by atoms with van der Waals surface area (Å²) in [6, 6.07) is 13.2. The Bertz CT molecular complexity index is 610. The normalized spacial score (nSPS) is 11.9. The summed E-state index contributed by atoms with van der Waals surface area (Å²) in [6.45, 7) is 6.67. The lowest BCUT2D eigenvalue weighted by atomic mass is 9.99. The summed E-state index contributed by atoms with van der Waals surface area (Å²) in [7, 11) is 2.19. The molecular formula is C19H25N. The summed E-state index contributed by atoms with van der Waals surface area (Å²) in [5, 5.41) is 2.71. The maximum Gasteiger partial charge on any atom is 0.0444 e. The lowest BCUT2D eigenvalue weighted by Crippen LogP contribution is -2.17. The highest BCUT2D eigenvalue weighted by atomic mass is 15.1. The molecule has 2 rings (SSSR count). The number of fused-ring (bicyclic) bond motifs is 1. The first-order valence-electron chi connectivity index (χ1n) is 7.66. The minimum absolute atomic E-state index is 1.06. The quantitative estimate of drug-likeness (QED) is 0.687. The summed E-state index contributed by atoms with van der Waals surface area (Å²) in [5.74, 6) is 0. The smallest absolute Gasteiger partial charge is 0.0444 e. The fraction of sp³-hybridized carbons (Fsp3) is 0.368. The van der Waals surface area contributed by atoms with Gasteiger partial charge < -0.3 is 4.90 Å². The molecule has 106 valence electrons. The summed E-state index contributed by atoms with van der Waals surface area (Å²) in [5.41, 5.74) is 4.19. The second-order valence-electron chi connectivity index (χ2n) is 5.15. The van der Waals surface area contributed by atoms with Gasteiger partial charge in [-0.1, -0.05) is 57.2 Å². The van der Waals surface area contributed by atoms with Crippen molar-refractivity contribution in [3.05, 3.63) is 53.7 Å². The summed E-state index contributed by atoms with van der Waals surface area (Å²) in [4.78, 5) is 2.36. The number of benzene rings is 2. The van der Waals surface area contributed by atoms with Crippen molar-refractivity contribution in [2.75, 3.05) is 11.9 Å². The number of anilines is 1. The lowest BCUT2D eigenvalue weighted by molar-refractivity contribution is 0.945. The minimum atomic E-state index is 1.06. The largest absolute Gasteiger partial charge is 0.348 e. The van der Waals surface area contributed by atoms with Crippen LogP contribution in [0.1, 0.15) is 39.2 Å². The molecule has 1 nitrogen and oxygen atoms in total. The summed E-state index contributed by atoms with van der Waals surface area (Å²) >= 11 is 0. The number of nitrogens with zero attached hydrogens (tertiary/aromatic N) is 1. The van der Waals surface area contributed by atoms with E-state index < -0.39 is 0 Å². The molecule has 0 bridgehead atoms. The van der Waals surface area contributed by atoms with Gasteiger partial charge in [-0.05, 0) is 41.7 Å². The van der Waals surface area contributed by atoms with Gasteiger partial charge >= 0.3 is 0 Å². The Morgan fingerprint density at radius 2 is 1.80 bits per heavy atom. The van der Waals surface area contributed by atoms with E-state index >= 15 is 0 Å². The molecule has 2 aromatic carbocycles. The molecule has 0 saturated heterocycles. The predicted molar refractivity (Wildman–Crippen MR) is 90.4 cm³/mol. The molecule has 0 aliphatic carbocycles. The highest BCUT2D eigenvalue weighted by Gasteiger charge is 2.11. The Morgan fingerprint density at radius 3 is 2.45 bits per heavy atom. The van der Waals surface area contributed by atoms with E-state index in [1.165, 1.54) is 27.7 Å². The Labute approximate surface area is 122 Å². The van der Waals surface area contributed by atoms with E-state index in [0.717, 1.165) is 19.3 Å². The fourth-order valence-electron chi connectivity index (χ4n) is 2.92. The zero-order valence-corrected chi connectivity index (χ0v) is 13.1. The van der Waals surface area contributed by atoms with Crippen LogP contribution < -0.4 is 4.90 Å². The van der Waals surface area contributed by atoms with Gasteiger partial charge in [-0.2, -0.15) is 0 Å². The number of hydrogen-bond donors (Lipinski definition) is 0. The van der Waals surface area contributed by atoms with Gasteiger partial charge in [0.25, 0.3) is 0 Å². The molecule has 0 aliphatic heterocycles. The number of allylic oxidation sites excluding steroid dienone is 2. The van der Waals surface area contributed by atoms with Gasteiger partial charge in [-0.3, -0.25) is 0 Å². The Hall–Kier alpha value is -1.76. The van der Waals surface area contributed by atoms with Gasteiger partial charge in [-0.25, -0.2) is 0 Å². The fourth-order valence-corrected chi connectivity index (χ4v) is 2.92. The first-order chi connectivity index (χ1) is 9.72. The van der Waals surface area contributed by atoms with Crippen LogP contribution in [0.25, 0.3) is 10.8 Å². The highest BCUT2D eigenvalue weighted by Crippen LogP contribution is 2.31.